The van der Waals surface area contributed by atoms with Crippen molar-refractivity contribution < 1.29 is 9.59 Å². The number of aryl methyl sites for hydroxylation is 1. The number of rotatable bonds is 6. The second-order valence-corrected chi connectivity index (χ2v) is 6.44. The summed E-state index contributed by atoms with van der Waals surface area (Å²) in [7, 11) is 0. The second-order valence-electron chi connectivity index (χ2n) is 6.44. The highest BCUT2D eigenvalue weighted by Crippen LogP contribution is 2.10. The molecule has 1 saturated heterocycles. The van der Waals surface area contributed by atoms with Gasteiger partial charge in [-0.3, -0.25) is 9.59 Å². The highest BCUT2D eigenvalue weighted by atomic mass is 16.2. The maximum atomic E-state index is 12.4. The summed E-state index contributed by atoms with van der Waals surface area (Å²) in [5.41, 5.74) is 7.13. The summed E-state index contributed by atoms with van der Waals surface area (Å²) in [6.07, 6.45) is 3.73. The number of hydrogen-bond donors (Lipinski definition) is 1. The number of nitrogens with zero attached hydrogens (tertiary/aromatic N) is 2. The Morgan fingerprint density at radius 3 is 2.46 bits per heavy atom. The number of amides is 2. The molecule has 2 amide bonds. The molecule has 2 N–H and O–H groups in total. The Kier molecular flexibility index (Phi) is 7.25. The molecule has 132 valence electrons. The maximum Gasteiger partial charge on any atom is 0.239 e. The molecule has 1 unspecified atom stereocenters. The lowest BCUT2D eigenvalue weighted by Crippen LogP contribution is -2.45. The Bertz CT molecular complexity index is 533. The molecule has 0 aliphatic carbocycles. The predicted molar refractivity (Wildman–Crippen MR) is 95.4 cm³/mol. The van der Waals surface area contributed by atoms with E-state index in [1.165, 1.54) is 5.56 Å². The SMILES string of the molecule is CCCC(N)C(=O)N1CCCN(C(=O)CCc2ccccc2)CC1. The van der Waals surface area contributed by atoms with Gasteiger partial charge < -0.3 is 15.5 Å². The highest BCUT2D eigenvalue weighted by molar-refractivity contribution is 5.82. The first-order chi connectivity index (χ1) is 11.6. The van der Waals surface area contributed by atoms with E-state index < -0.39 is 6.04 Å². The van der Waals surface area contributed by atoms with Gasteiger partial charge in [0, 0.05) is 32.6 Å². The van der Waals surface area contributed by atoms with Crippen molar-refractivity contribution in [2.24, 2.45) is 5.73 Å². The molecule has 1 aromatic rings. The lowest BCUT2D eigenvalue weighted by molar-refractivity contribution is -0.134. The van der Waals surface area contributed by atoms with Crippen LogP contribution in [0.1, 0.15) is 38.2 Å². The highest BCUT2D eigenvalue weighted by Gasteiger charge is 2.24. The molecule has 0 aromatic heterocycles. The maximum absolute atomic E-state index is 12.4. The molecular weight excluding hydrogens is 302 g/mol. The molecule has 2 rings (SSSR count). The van der Waals surface area contributed by atoms with Crippen LogP contribution in [0.25, 0.3) is 0 Å². The topological polar surface area (TPSA) is 66.6 Å². The van der Waals surface area contributed by atoms with E-state index in [9.17, 15) is 9.59 Å². The molecule has 1 aromatic carbocycles. The first kappa shape index (κ1) is 18.5. The van der Waals surface area contributed by atoms with Gasteiger partial charge in [0.1, 0.15) is 0 Å². The van der Waals surface area contributed by atoms with Crippen LogP contribution in [0.2, 0.25) is 0 Å². The van der Waals surface area contributed by atoms with Crippen molar-refractivity contribution in [3.05, 3.63) is 35.9 Å². The summed E-state index contributed by atoms with van der Waals surface area (Å²) >= 11 is 0. The van der Waals surface area contributed by atoms with E-state index in [1.54, 1.807) is 0 Å². The van der Waals surface area contributed by atoms with Crippen molar-refractivity contribution in [3.63, 3.8) is 0 Å². The van der Waals surface area contributed by atoms with E-state index >= 15 is 0 Å². The van der Waals surface area contributed by atoms with Crippen molar-refractivity contribution >= 4 is 11.8 Å². The number of carbonyl (C=O) groups excluding carboxylic acids is 2. The van der Waals surface area contributed by atoms with Crippen LogP contribution in [0.4, 0.5) is 0 Å². The van der Waals surface area contributed by atoms with Crippen LogP contribution in [0.15, 0.2) is 30.3 Å². The molecule has 0 radical (unpaired) electrons. The predicted octanol–water partition coefficient (Wildman–Crippen LogP) is 1.81. The zero-order valence-corrected chi connectivity index (χ0v) is 14.6. The van der Waals surface area contributed by atoms with E-state index in [2.05, 4.69) is 0 Å². The second kappa shape index (κ2) is 9.42. The van der Waals surface area contributed by atoms with E-state index in [0.717, 1.165) is 32.2 Å². The van der Waals surface area contributed by atoms with Gasteiger partial charge in [0.05, 0.1) is 6.04 Å². The van der Waals surface area contributed by atoms with Crippen molar-refractivity contribution in [2.75, 3.05) is 26.2 Å². The average molecular weight is 331 g/mol. The monoisotopic (exact) mass is 331 g/mol. The molecule has 24 heavy (non-hydrogen) atoms. The lowest BCUT2D eigenvalue weighted by atomic mass is 10.1. The largest absolute Gasteiger partial charge is 0.341 e. The third-order valence-corrected chi connectivity index (χ3v) is 4.55. The standard InChI is InChI=1S/C19H29N3O2/c1-2-7-17(20)19(24)22-13-6-12-21(14-15-22)18(23)11-10-16-8-4-3-5-9-16/h3-5,8-9,17H,2,6-7,10-15,20H2,1H3. The molecule has 1 aliphatic heterocycles. The summed E-state index contributed by atoms with van der Waals surface area (Å²) in [5.74, 6) is 0.196. The van der Waals surface area contributed by atoms with Gasteiger partial charge in [-0.1, -0.05) is 43.7 Å². The molecule has 1 fully saturated rings. The van der Waals surface area contributed by atoms with Gasteiger partial charge in [-0.25, -0.2) is 0 Å². The van der Waals surface area contributed by atoms with E-state index in [0.29, 0.717) is 26.1 Å². The fraction of sp³-hybridized carbons (Fsp3) is 0.579. The molecule has 5 nitrogen and oxygen atoms in total. The van der Waals surface area contributed by atoms with Crippen molar-refractivity contribution in [2.45, 2.75) is 45.1 Å². The van der Waals surface area contributed by atoms with Crippen molar-refractivity contribution in [1.29, 1.82) is 0 Å². The molecule has 1 heterocycles. The van der Waals surface area contributed by atoms with Gasteiger partial charge in [0.25, 0.3) is 0 Å². The van der Waals surface area contributed by atoms with Crippen molar-refractivity contribution in [1.82, 2.24) is 9.80 Å². The Labute approximate surface area is 144 Å². The van der Waals surface area contributed by atoms with Gasteiger partial charge in [0.2, 0.25) is 11.8 Å². The minimum Gasteiger partial charge on any atom is -0.341 e. The van der Waals surface area contributed by atoms with Gasteiger partial charge in [-0.2, -0.15) is 0 Å². The smallest absolute Gasteiger partial charge is 0.239 e. The van der Waals surface area contributed by atoms with Crippen LogP contribution in [-0.4, -0.2) is 53.8 Å². The summed E-state index contributed by atoms with van der Waals surface area (Å²) in [4.78, 5) is 28.5. The molecule has 0 spiro atoms. The first-order valence-corrected chi connectivity index (χ1v) is 8.98. The Morgan fingerprint density at radius 2 is 1.75 bits per heavy atom. The number of hydrogen-bond acceptors (Lipinski definition) is 3. The first-order valence-electron chi connectivity index (χ1n) is 8.98. The summed E-state index contributed by atoms with van der Waals surface area (Å²) in [6.45, 7) is 4.65. The summed E-state index contributed by atoms with van der Waals surface area (Å²) in [5, 5.41) is 0. The zero-order valence-electron chi connectivity index (χ0n) is 14.6. The van der Waals surface area contributed by atoms with E-state index in [-0.39, 0.29) is 11.8 Å². The molecular formula is C19H29N3O2. The minimum absolute atomic E-state index is 0.0236. The van der Waals surface area contributed by atoms with Crippen LogP contribution >= 0.6 is 0 Å². The third-order valence-electron chi connectivity index (χ3n) is 4.55. The van der Waals surface area contributed by atoms with Crippen molar-refractivity contribution in [3.8, 4) is 0 Å². The van der Waals surface area contributed by atoms with Crippen LogP contribution in [0.3, 0.4) is 0 Å². The number of nitrogens with two attached hydrogens (primary N) is 1. The Balaban J connectivity index is 1.81. The molecule has 0 saturated carbocycles. The third kappa shape index (κ3) is 5.34. The van der Waals surface area contributed by atoms with E-state index in [1.807, 2.05) is 47.1 Å². The quantitative estimate of drug-likeness (QED) is 0.864. The van der Waals surface area contributed by atoms with Crippen LogP contribution in [0, 0.1) is 0 Å². The molecule has 5 heteroatoms. The van der Waals surface area contributed by atoms with Gasteiger partial charge in [-0.15, -0.1) is 0 Å². The van der Waals surface area contributed by atoms with Crippen LogP contribution in [0.5, 0.6) is 0 Å². The van der Waals surface area contributed by atoms with Crippen LogP contribution < -0.4 is 5.73 Å². The van der Waals surface area contributed by atoms with Gasteiger partial charge in [-0.05, 0) is 24.8 Å². The van der Waals surface area contributed by atoms with Gasteiger partial charge in [0.15, 0.2) is 0 Å². The number of carbonyl (C=O) groups is 2. The Morgan fingerprint density at radius 1 is 1.08 bits per heavy atom. The van der Waals surface area contributed by atoms with E-state index in [4.69, 9.17) is 5.73 Å². The average Bonchev–Trinajstić information content (AvgIpc) is 2.86. The fourth-order valence-electron chi connectivity index (χ4n) is 3.11. The molecule has 0 bridgehead atoms. The number of benzene rings is 1. The van der Waals surface area contributed by atoms with Crippen LogP contribution in [-0.2, 0) is 16.0 Å². The zero-order chi connectivity index (χ0) is 17.4. The normalized spacial score (nSPS) is 16.6. The summed E-state index contributed by atoms with van der Waals surface area (Å²) < 4.78 is 0. The summed E-state index contributed by atoms with van der Waals surface area (Å²) in [6, 6.07) is 9.66. The lowest BCUT2D eigenvalue weighted by Gasteiger charge is -2.24. The van der Waals surface area contributed by atoms with Gasteiger partial charge >= 0.3 is 0 Å². The Hall–Kier alpha value is -1.88. The minimum atomic E-state index is -0.407. The molecule has 1 atom stereocenters. The fourth-order valence-corrected chi connectivity index (χ4v) is 3.11. The molecule has 1 aliphatic rings.